The molecule has 1 amide bonds. The molecule has 24 heavy (non-hydrogen) atoms. The molecule has 0 fully saturated rings. The molecule has 0 saturated heterocycles. The van der Waals surface area contributed by atoms with Gasteiger partial charge in [0.05, 0.1) is 17.3 Å². The Morgan fingerprint density at radius 3 is 3.08 bits per heavy atom. The Hall–Kier alpha value is -2.31. The van der Waals surface area contributed by atoms with Crippen LogP contribution in [-0.2, 0) is 13.5 Å². The lowest BCUT2D eigenvalue weighted by Crippen LogP contribution is -2.15. The fraction of sp³-hybridized carbons (Fsp3) is 0.176. The Labute approximate surface area is 147 Å². The van der Waals surface area contributed by atoms with Crippen LogP contribution >= 0.6 is 22.9 Å². The normalized spacial score (nSPS) is 12.8. The number of nitrogens with one attached hydrogen (secondary N) is 1. The van der Waals surface area contributed by atoms with E-state index in [1.165, 1.54) is 16.9 Å². The highest BCUT2D eigenvalue weighted by Gasteiger charge is 2.16. The molecule has 0 unspecified atom stereocenters. The van der Waals surface area contributed by atoms with E-state index in [1.807, 2.05) is 17.5 Å². The van der Waals surface area contributed by atoms with Gasteiger partial charge in [-0.2, -0.15) is 0 Å². The maximum atomic E-state index is 12.3. The van der Waals surface area contributed by atoms with Crippen molar-refractivity contribution in [1.29, 1.82) is 0 Å². The topological polar surface area (TPSA) is 56.2 Å². The highest BCUT2D eigenvalue weighted by atomic mass is 35.5. The number of anilines is 1. The van der Waals surface area contributed by atoms with E-state index in [-0.39, 0.29) is 5.91 Å². The van der Waals surface area contributed by atoms with Crippen LogP contribution < -0.4 is 10.1 Å². The summed E-state index contributed by atoms with van der Waals surface area (Å²) >= 11 is 7.32. The lowest BCUT2D eigenvalue weighted by Gasteiger charge is -2.03. The summed E-state index contributed by atoms with van der Waals surface area (Å²) in [7, 11) is 1.78. The second-order valence-corrected chi connectivity index (χ2v) is 6.86. The summed E-state index contributed by atoms with van der Waals surface area (Å²) < 4.78 is 7.21. The Kier molecular flexibility index (Phi) is 3.78. The number of carbonyl (C=O) groups is 1. The molecular weight excluding hydrogens is 346 g/mol. The maximum absolute atomic E-state index is 12.3. The number of fused-ring (bicyclic) bond motifs is 1. The van der Waals surface area contributed by atoms with Gasteiger partial charge < -0.3 is 9.30 Å². The zero-order valence-electron chi connectivity index (χ0n) is 12.9. The third-order valence-electron chi connectivity index (χ3n) is 3.91. The van der Waals surface area contributed by atoms with Gasteiger partial charge in [0.1, 0.15) is 11.4 Å². The largest absolute Gasteiger partial charge is 0.493 e. The Morgan fingerprint density at radius 1 is 1.42 bits per heavy atom. The second-order valence-electron chi connectivity index (χ2n) is 5.57. The number of hydrogen-bond donors (Lipinski definition) is 1. The number of aromatic nitrogens is 2. The van der Waals surface area contributed by atoms with E-state index in [1.54, 1.807) is 23.9 Å². The first kappa shape index (κ1) is 15.2. The fourth-order valence-corrected chi connectivity index (χ4v) is 3.69. The second kappa shape index (κ2) is 5.96. The van der Waals surface area contributed by atoms with E-state index in [2.05, 4.69) is 16.4 Å². The number of benzene rings is 1. The average molecular weight is 360 g/mol. The molecule has 1 N–H and O–H groups in total. The molecule has 0 bridgehead atoms. The minimum absolute atomic E-state index is 0.229. The molecular formula is C17H14ClN3O2S. The molecule has 4 rings (SSSR count). The number of rotatable bonds is 3. The molecule has 3 aromatic rings. The summed E-state index contributed by atoms with van der Waals surface area (Å²) in [6.07, 6.45) is 2.61. The first-order valence-electron chi connectivity index (χ1n) is 7.45. The van der Waals surface area contributed by atoms with Crippen molar-refractivity contribution >= 4 is 34.0 Å². The zero-order chi connectivity index (χ0) is 16.7. The van der Waals surface area contributed by atoms with Crippen LogP contribution in [0.3, 0.4) is 0 Å². The van der Waals surface area contributed by atoms with Crippen molar-refractivity contribution in [2.24, 2.45) is 7.05 Å². The van der Waals surface area contributed by atoms with Crippen molar-refractivity contribution in [3.05, 3.63) is 52.1 Å². The van der Waals surface area contributed by atoms with Crippen molar-refractivity contribution in [1.82, 2.24) is 9.55 Å². The van der Waals surface area contributed by atoms with Crippen LogP contribution in [0.25, 0.3) is 11.3 Å². The summed E-state index contributed by atoms with van der Waals surface area (Å²) in [5.74, 6) is 0.718. The quantitative estimate of drug-likeness (QED) is 0.769. The number of ether oxygens (including phenoxy) is 1. The van der Waals surface area contributed by atoms with Crippen LogP contribution in [0, 0.1) is 0 Å². The number of amides is 1. The highest BCUT2D eigenvalue weighted by Crippen LogP contribution is 2.32. The van der Waals surface area contributed by atoms with E-state index in [0.29, 0.717) is 15.8 Å². The van der Waals surface area contributed by atoms with E-state index in [9.17, 15) is 4.79 Å². The van der Waals surface area contributed by atoms with Crippen LogP contribution in [-0.4, -0.2) is 22.1 Å². The van der Waals surface area contributed by atoms with Gasteiger partial charge in [-0.3, -0.25) is 10.1 Å². The van der Waals surface area contributed by atoms with Gasteiger partial charge in [0, 0.05) is 30.6 Å². The molecule has 7 heteroatoms. The van der Waals surface area contributed by atoms with Crippen molar-refractivity contribution < 1.29 is 9.53 Å². The molecule has 3 heterocycles. The van der Waals surface area contributed by atoms with Gasteiger partial charge in [-0.1, -0.05) is 11.6 Å². The van der Waals surface area contributed by atoms with Crippen molar-refractivity contribution in [2.75, 3.05) is 11.9 Å². The lowest BCUT2D eigenvalue weighted by atomic mass is 10.1. The van der Waals surface area contributed by atoms with Crippen LogP contribution in [0.5, 0.6) is 5.75 Å². The number of thiazole rings is 1. The smallest absolute Gasteiger partial charge is 0.274 e. The molecule has 1 aromatic carbocycles. The Morgan fingerprint density at radius 2 is 2.29 bits per heavy atom. The zero-order valence-corrected chi connectivity index (χ0v) is 14.4. The molecule has 5 nitrogen and oxygen atoms in total. The number of aryl methyl sites for hydroxylation is 1. The third kappa shape index (κ3) is 2.79. The monoisotopic (exact) mass is 359 g/mol. The number of hydrogen-bond acceptors (Lipinski definition) is 4. The van der Waals surface area contributed by atoms with E-state index in [4.69, 9.17) is 16.3 Å². The van der Waals surface area contributed by atoms with Crippen molar-refractivity contribution in [2.45, 2.75) is 6.42 Å². The van der Waals surface area contributed by atoms with Gasteiger partial charge in [0.25, 0.3) is 5.91 Å². The first-order chi connectivity index (χ1) is 11.6. The number of carbonyl (C=O) groups excluding carboxylic acids is 1. The average Bonchev–Trinajstić information content (AvgIpc) is 3.26. The van der Waals surface area contributed by atoms with Gasteiger partial charge in [-0.05, 0) is 29.8 Å². The predicted molar refractivity (Wildman–Crippen MR) is 95.1 cm³/mol. The molecule has 1 aliphatic heterocycles. The van der Waals surface area contributed by atoms with Crippen LogP contribution in [0.2, 0.25) is 5.02 Å². The summed E-state index contributed by atoms with van der Waals surface area (Å²) in [5, 5.41) is 5.84. The summed E-state index contributed by atoms with van der Waals surface area (Å²) in [5.41, 5.74) is 3.56. The van der Waals surface area contributed by atoms with Crippen LogP contribution in [0.15, 0.2) is 35.8 Å². The fourth-order valence-electron chi connectivity index (χ4n) is 2.72. The lowest BCUT2D eigenvalue weighted by molar-refractivity contribution is 0.101. The van der Waals surface area contributed by atoms with Gasteiger partial charge in [-0.15, -0.1) is 11.3 Å². The predicted octanol–water partition coefficient (Wildman–Crippen LogP) is 3.99. The SMILES string of the molecule is Cn1cc(Cl)cc1C(=O)Nc1nc(-c2ccc3c(c2)CCO3)cs1. The first-order valence-corrected chi connectivity index (χ1v) is 8.71. The Balaban J connectivity index is 1.55. The summed E-state index contributed by atoms with van der Waals surface area (Å²) in [6.45, 7) is 0.733. The maximum Gasteiger partial charge on any atom is 0.274 e. The molecule has 2 aromatic heterocycles. The van der Waals surface area contributed by atoms with Crippen molar-refractivity contribution in [3.8, 4) is 17.0 Å². The number of nitrogens with zero attached hydrogens (tertiary/aromatic N) is 2. The molecule has 0 atom stereocenters. The minimum atomic E-state index is -0.229. The number of halogens is 1. The van der Waals surface area contributed by atoms with Gasteiger partial charge in [0.2, 0.25) is 0 Å². The molecule has 1 aliphatic rings. The van der Waals surface area contributed by atoms with Crippen LogP contribution in [0.1, 0.15) is 16.1 Å². The van der Waals surface area contributed by atoms with Crippen LogP contribution in [0.4, 0.5) is 5.13 Å². The molecule has 0 spiro atoms. The molecule has 122 valence electrons. The highest BCUT2D eigenvalue weighted by molar-refractivity contribution is 7.14. The van der Waals surface area contributed by atoms with E-state index in [0.717, 1.165) is 30.0 Å². The van der Waals surface area contributed by atoms with Gasteiger partial charge in [-0.25, -0.2) is 4.98 Å². The standard InChI is InChI=1S/C17H14ClN3O2S/c1-21-8-12(18)7-14(21)16(22)20-17-19-13(9-24-17)10-2-3-15-11(6-10)4-5-23-15/h2-3,6-9H,4-5H2,1H3,(H,19,20,22). The minimum Gasteiger partial charge on any atom is -0.493 e. The summed E-state index contributed by atoms with van der Waals surface area (Å²) in [4.78, 5) is 16.8. The third-order valence-corrected chi connectivity index (χ3v) is 4.88. The van der Waals surface area contributed by atoms with Gasteiger partial charge in [0.15, 0.2) is 5.13 Å². The molecule has 0 radical (unpaired) electrons. The van der Waals surface area contributed by atoms with E-state index < -0.39 is 0 Å². The molecule has 0 saturated carbocycles. The Bertz CT molecular complexity index is 932. The van der Waals surface area contributed by atoms with E-state index >= 15 is 0 Å². The summed E-state index contributed by atoms with van der Waals surface area (Å²) in [6, 6.07) is 7.69. The van der Waals surface area contributed by atoms with Gasteiger partial charge >= 0.3 is 0 Å². The molecule has 0 aliphatic carbocycles. The van der Waals surface area contributed by atoms with Crippen molar-refractivity contribution in [3.63, 3.8) is 0 Å².